The lowest BCUT2D eigenvalue weighted by molar-refractivity contribution is 0.571. The Morgan fingerprint density at radius 2 is 2.23 bits per heavy atom. The van der Waals surface area contributed by atoms with Crippen molar-refractivity contribution >= 4 is 5.69 Å². The fourth-order valence-electron chi connectivity index (χ4n) is 1.31. The van der Waals surface area contributed by atoms with Gasteiger partial charge in [0, 0.05) is 11.3 Å². The summed E-state index contributed by atoms with van der Waals surface area (Å²) in [5, 5.41) is 0. The van der Waals surface area contributed by atoms with E-state index in [0.29, 0.717) is 0 Å². The van der Waals surface area contributed by atoms with Crippen molar-refractivity contribution in [3.8, 4) is 11.3 Å². The minimum Gasteiger partial charge on any atom is -0.444 e. The Bertz CT molecular complexity index is 407. The number of rotatable bonds is 1. The molecule has 0 aliphatic carbocycles. The smallest absolute Gasteiger partial charge is 0.181 e. The van der Waals surface area contributed by atoms with E-state index in [0.717, 1.165) is 22.6 Å². The van der Waals surface area contributed by atoms with Crippen LogP contribution in [-0.2, 0) is 0 Å². The molecule has 0 aliphatic rings. The molecule has 2 N–H and O–H groups in total. The average molecular weight is 174 g/mol. The molecule has 0 fully saturated rings. The Labute approximate surface area is 76.2 Å². The second kappa shape index (κ2) is 2.94. The Balaban J connectivity index is 2.53. The number of oxazole rings is 1. The first-order valence-corrected chi connectivity index (χ1v) is 4.02. The van der Waals surface area contributed by atoms with Crippen molar-refractivity contribution in [1.29, 1.82) is 0 Å². The van der Waals surface area contributed by atoms with Crippen LogP contribution in [0.3, 0.4) is 0 Å². The molecule has 1 heterocycles. The molecular formula is C10H10N2O. The van der Waals surface area contributed by atoms with Crippen LogP contribution in [0.15, 0.2) is 35.2 Å². The maximum Gasteiger partial charge on any atom is 0.181 e. The van der Waals surface area contributed by atoms with Gasteiger partial charge in [-0.05, 0) is 30.7 Å². The van der Waals surface area contributed by atoms with Crippen LogP contribution >= 0.6 is 0 Å². The zero-order valence-corrected chi connectivity index (χ0v) is 7.32. The van der Waals surface area contributed by atoms with Gasteiger partial charge in [-0.3, -0.25) is 0 Å². The van der Waals surface area contributed by atoms with Crippen molar-refractivity contribution in [2.45, 2.75) is 6.92 Å². The van der Waals surface area contributed by atoms with Crippen molar-refractivity contribution in [3.05, 3.63) is 36.4 Å². The Hall–Kier alpha value is -1.77. The molecule has 0 unspecified atom stereocenters. The first-order chi connectivity index (χ1) is 6.27. The second-order valence-electron chi connectivity index (χ2n) is 2.94. The minimum atomic E-state index is 0.765. The molecule has 3 nitrogen and oxygen atoms in total. The first kappa shape index (κ1) is 7.86. The lowest BCUT2D eigenvalue weighted by Crippen LogP contribution is -1.87. The van der Waals surface area contributed by atoms with Gasteiger partial charge in [0.2, 0.25) is 0 Å². The summed E-state index contributed by atoms with van der Waals surface area (Å²) in [6, 6.07) is 5.70. The second-order valence-corrected chi connectivity index (χ2v) is 2.94. The van der Waals surface area contributed by atoms with Crippen LogP contribution in [0.4, 0.5) is 5.69 Å². The van der Waals surface area contributed by atoms with Crippen LogP contribution < -0.4 is 5.73 Å². The fourth-order valence-corrected chi connectivity index (χ4v) is 1.31. The molecule has 0 spiro atoms. The molecule has 0 atom stereocenters. The third-order valence-corrected chi connectivity index (χ3v) is 1.95. The van der Waals surface area contributed by atoms with E-state index >= 15 is 0 Å². The minimum absolute atomic E-state index is 0.765. The highest BCUT2D eigenvalue weighted by atomic mass is 16.3. The molecule has 1 aromatic carbocycles. The van der Waals surface area contributed by atoms with Crippen molar-refractivity contribution in [2.24, 2.45) is 0 Å². The van der Waals surface area contributed by atoms with E-state index in [-0.39, 0.29) is 0 Å². The van der Waals surface area contributed by atoms with Crippen molar-refractivity contribution < 1.29 is 4.42 Å². The van der Waals surface area contributed by atoms with Gasteiger partial charge in [-0.15, -0.1) is 0 Å². The van der Waals surface area contributed by atoms with Gasteiger partial charge in [0.1, 0.15) is 0 Å². The lowest BCUT2D eigenvalue weighted by atomic mass is 10.1. The molecule has 0 bridgehead atoms. The third kappa shape index (κ3) is 1.40. The highest BCUT2D eigenvalue weighted by Gasteiger charge is 2.04. The van der Waals surface area contributed by atoms with Crippen molar-refractivity contribution in [3.63, 3.8) is 0 Å². The number of anilines is 1. The third-order valence-electron chi connectivity index (χ3n) is 1.95. The Kier molecular flexibility index (Phi) is 1.77. The summed E-state index contributed by atoms with van der Waals surface area (Å²) < 4.78 is 5.19. The van der Waals surface area contributed by atoms with Crippen LogP contribution in [-0.4, -0.2) is 4.98 Å². The fraction of sp³-hybridized carbons (Fsp3) is 0.100. The van der Waals surface area contributed by atoms with Gasteiger partial charge < -0.3 is 10.2 Å². The summed E-state index contributed by atoms with van der Waals surface area (Å²) >= 11 is 0. The first-order valence-electron chi connectivity index (χ1n) is 4.02. The highest BCUT2D eigenvalue weighted by molar-refractivity contribution is 5.64. The molecule has 0 aliphatic heterocycles. The number of nitrogen functional groups attached to an aromatic ring is 1. The predicted octanol–water partition coefficient (Wildman–Crippen LogP) is 2.23. The summed E-state index contributed by atoms with van der Waals surface area (Å²) in [7, 11) is 0. The number of aromatic nitrogens is 1. The van der Waals surface area contributed by atoms with Crippen LogP contribution in [0.1, 0.15) is 5.56 Å². The van der Waals surface area contributed by atoms with Crippen LogP contribution in [0.5, 0.6) is 0 Å². The van der Waals surface area contributed by atoms with Crippen LogP contribution in [0.25, 0.3) is 11.3 Å². The molecule has 0 radical (unpaired) electrons. The summed E-state index contributed by atoms with van der Waals surface area (Å²) in [6.07, 6.45) is 3.11. The maximum absolute atomic E-state index is 5.63. The summed E-state index contributed by atoms with van der Waals surface area (Å²) in [6.45, 7) is 1.99. The number of benzene rings is 1. The van der Waals surface area contributed by atoms with Gasteiger partial charge in [0.05, 0.1) is 6.20 Å². The van der Waals surface area contributed by atoms with Gasteiger partial charge in [-0.1, -0.05) is 0 Å². The van der Waals surface area contributed by atoms with E-state index in [9.17, 15) is 0 Å². The normalized spacial score (nSPS) is 10.2. The van der Waals surface area contributed by atoms with Gasteiger partial charge >= 0.3 is 0 Å². The van der Waals surface area contributed by atoms with E-state index in [4.69, 9.17) is 10.2 Å². The monoisotopic (exact) mass is 174 g/mol. The zero-order chi connectivity index (χ0) is 9.26. The largest absolute Gasteiger partial charge is 0.444 e. The molecule has 66 valence electrons. The molecule has 0 saturated carbocycles. The van der Waals surface area contributed by atoms with Gasteiger partial charge in [-0.2, -0.15) is 0 Å². The predicted molar refractivity (Wildman–Crippen MR) is 51.1 cm³/mol. The number of nitrogens with two attached hydrogens (primary N) is 1. The standard InChI is InChI=1S/C10H10N2O/c1-7-4-8(11)2-3-9(7)10-5-12-6-13-10/h2-6H,11H2,1H3. The molecule has 0 amide bonds. The summed E-state index contributed by atoms with van der Waals surface area (Å²) in [5.41, 5.74) is 8.53. The molecule has 1 aromatic heterocycles. The molecule has 0 saturated heterocycles. The van der Waals surface area contributed by atoms with Crippen LogP contribution in [0, 0.1) is 6.92 Å². The summed E-state index contributed by atoms with van der Waals surface area (Å²) in [5.74, 6) is 0.775. The molecular weight excluding hydrogens is 164 g/mol. The lowest BCUT2D eigenvalue weighted by Gasteiger charge is -2.02. The van der Waals surface area contributed by atoms with E-state index in [1.807, 2.05) is 25.1 Å². The summed E-state index contributed by atoms with van der Waals surface area (Å²) in [4.78, 5) is 3.86. The van der Waals surface area contributed by atoms with E-state index in [1.54, 1.807) is 6.20 Å². The zero-order valence-electron chi connectivity index (χ0n) is 7.32. The highest BCUT2D eigenvalue weighted by Crippen LogP contribution is 2.24. The molecule has 3 heteroatoms. The topological polar surface area (TPSA) is 52.0 Å². The van der Waals surface area contributed by atoms with Gasteiger partial charge in [0.25, 0.3) is 0 Å². The molecule has 13 heavy (non-hydrogen) atoms. The molecule has 2 rings (SSSR count). The van der Waals surface area contributed by atoms with Crippen molar-refractivity contribution in [1.82, 2.24) is 4.98 Å². The SMILES string of the molecule is Cc1cc(N)ccc1-c1cnco1. The number of hydrogen-bond acceptors (Lipinski definition) is 3. The Morgan fingerprint density at radius 1 is 1.38 bits per heavy atom. The Morgan fingerprint density at radius 3 is 2.85 bits per heavy atom. The van der Waals surface area contributed by atoms with Crippen LogP contribution in [0.2, 0.25) is 0 Å². The van der Waals surface area contributed by atoms with Gasteiger partial charge in [0.15, 0.2) is 12.2 Å². The van der Waals surface area contributed by atoms with E-state index in [2.05, 4.69) is 4.98 Å². The number of hydrogen-bond donors (Lipinski definition) is 1. The van der Waals surface area contributed by atoms with E-state index in [1.165, 1.54) is 6.39 Å². The number of nitrogens with zero attached hydrogens (tertiary/aromatic N) is 1. The quantitative estimate of drug-likeness (QED) is 0.674. The average Bonchev–Trinajstić information content (AvgIpc) is 2.56. The maximum atomic E-state index is 5.63. The molecule has 2 aromatic rings. The number of aryl methyl sites for hydroxylation is 1. The van der Waals surface area contributed by atoms with Crippen molar-refractivity contribution in [2.75, 3.05) is 5.73 Å². The van der Waals surface area contributed by atoms with Gasteiger partial charge in [-0.25, -0.2) is 4.98 Å². The van der Waals surface area contributed by atoms with E-state index < -0.39 is 0 Å².